The van der Waals surface area contributed by atoms with E-state index in [0.29, 0.717) is 0 Å². The quantitative estimate of drug-likeness (QED) is 0.687. The van der Waals surface area contributed by atoms with Crippen molar-refractivity contribution in [1.82, 2.24) is 4.90 Å². The Kier molecular flexibility index (Phi) is 2.87. The van der Waals surface area contributed by atoms with Gasteiger partial charge in [-0.15, -0.1) is 0 Å². The Morgan fingerprint density at radius 2 is 1.79 bits per heavy atom. The van der Waals surface area contributed by atoms with Crippen molar-refractivity contribution < 1.29 is 0 Å². The third-order valence-corrected chi connectivity index (χ3v) is 2.75. The summed E-state index contributed by atoms with van der Waals surface area (Å²) >= 11 is 0. The maximum atomic E-state index is 2.42. The number of allylic oxidation sites excluding steroid dienone is 1. The fourth-order valence-corrected chi connectivity index (χ4v) is 1.92. The highest BCUT2D eigenvalue weighted by Crippen LogP contribution is 2.16. The molecule has 1 aromatic carbocycles. The first kappa shape index (κ1) is 9.32. The van der Waals surface area contributed by atoms with Gasteiger partial charge < -0.3 is 4.90 Å². The molecule has 0 aromatic heterocycles. The molecule has 0 bridgehead atoms. The largest absolute Gasteiger partial charge is 0.377 e. The number of nitrogens with zero attached hydrogens (tertiary/aromatic N) is 1. The van der Waals surface area contributed by atoms with E-state index in [1.54, 1.807) is 0 Å². The average molecular weight is 187 g/mol. The second-order valence-electron chi connectivity index (χ2n) is 3.92. The molecule has 2 rings (SSSR count). The van der Waals surface area contributed by atoms with E-state index in [1.807, 2.05) is 0 Å². The molecule has 0 amide bonds. The summed E-state index contributed by atoms with van der Waals surface area (Å²) in [6.45, 7) is 4.64. The van der Waals surface area contributed by atoms with Gasteiger partial charge in [0.1, 0.15) is 0 Å². The lowest BCUT2D eigenvalue weighted by molar-refractivity contribution is 0.469. The molecular weight excluding hydrogens is 170 g/mol. The maximum Gasteiger partial charge on any atom is 0.0173 e. The van der Waals surface area contributed by atoms with Gasteiger partial charge in [-0.1, -0.05) is 30.3 Å². The van der Waals surface area contributed by atoms with Crippen LogP contribution in [-0.4, -0.2) is 18.0 Å². The van der Waals surface area contributed by atoms with Crippen molar-refractivity contribution >= 4 is 5.57 Å². The highest BCUT2D eigenvalue weighted by molar-refractivity contribution is 5.63. The topological polar surface area (TPSA) is 3.24 Å². The van der Waals surface area contributed by atoms with E-state index in [2.05, 4.69) is 48.4 Å². The minimum absolute atomic E-state index is 1.23. The first-order chi connectivity index (χ1) is 6.86. The van der Waals surface area contributed by atoms with Crippen LogP contribution in [0.2, 0.25) is 0 Å². The fraction of sp³-hybridized carbons (Fsp3) is 0.385. The van der Waals surface area contributed by atoms with E-state index >= 15 is 0 Å². The van der Waals surface area contributed by atoms with Crippen molar-refractivity contribution in [2.75, 3.05) is 13.1 Å². The molecule has 0 spiro atoms. The van der Waals surface area contributed by atoms with Crippen LogP contribution in [0.15, 0.2) is 36.5 Å². The molecule has 0 N–H and O–H groups in total. The molecule has 1 heteroatoms. The molecule has 1 aromatic rings. The van der Waals surface area contributed by atoms with Crippen molar-refractivity contribution in [3.05, 3.63) is 42.1 Å². The molecule has 0 unspecified atom stereocenters. The van der Waals surface area contributed by atoms with Gasteiger partial charge in [0.05, 0.1) is 0 Å². The molecule has 1 aliphatic heterocycles. The standard InChI is InChI=1S/C13H17N/c1-12(11-14-9-5-6-10-14)13-7-3-2-4-8-13/h2-4,7-8,11H,5-6,9-10H2,1H3/b12-11-. The number of hydrogen-bond donors (Lipinski definition) is 0. The Balaban J connectivity index is 2.10. The summed E-state index contributed by atoms with van der Waals surface area (Å²) in [6, 6.07) is 10.6. The molecule has 0 atom stereocenters. The van der Waals surface area contributed by atoms with E-state index < -0.39 is 0 Å². The van der Waals surface area contributed by atoms with Gasteiger partial charge in [-0.2, -0.15) is 0 Å². The van der Waals surface area contributed by atoms with Crippen LogP contribution in [0.4, 0.5) is 0 Å². The van der Waals surface area contributed by atoms with Gasteiger partial charge in [-0.05, 0) is 30.9 Å². The maximum absolute atomic E-state index is 2.42. The van der Waals surface area contributed by atoms with Crippen molar-refractivity contribution in [2.24, 2.45) is 0 Å². The van der Waals surface area contributed by atoms with E-state index in [9.17, 15) is 0 Å². The van der Waals surface area contributed by atoms with Crippen LogP contribution in [0, 0.1) is 0 Å². The summed E-state index contributed by atoms with van der Waals surface area (Å²) in [5.74, 6) is 0. The fourth-order valence-electron chi connectivity index (χ4n) is 1.92. The zero-order valence-corrected chi connectivity index (χ0v) is 8.74. The number of benzene rings is 1. The van der Waals surface area contributed by atoms with Crippen LogP contribution < -0.4 is 0 Å². The summed E-state index contributed by atoms with van der Waals surface area (Å²) in [4.78, 5) is 2.42. The van der Waals surface area contributed by atoms with Crippen LogP contribution in [0.5, 0.6) is 0 Å². The van der Waals surface area contributed by atoms with Gasteiger partial charge in [-0.3, -0.25) is 0 Å². The molecular formula is C13H17N. The average Bonchev–Trinajstić information content (AvgIpc) is 2.72. The zero-order chi connectivity index (χ0) is 9.80. The van der Waals surface area contributed by atoms with Crippen molar-refractivity contribution in [3.8, 4) is 0 Å². The summed E-state index contributed by atoms with van der Waals surface area (Å²) in [5.41, 5.74) is 2.70. The second-order valence-corrected chi connectivity index (χ2v) is 3.92. The van der Waals surface area contributed by atoms with Crippen molar-refractivity contribution in [3.63, 3.8) is 0 Å². The predicted molar refractivity (Wildman–Crippen MR) is 60.9 cm³/mol. The Hall–Kier alpha value is -1.24. The van der Waals surface area contributed by atoms with Crippen LogP contribution in [0.25, 0.3) is 5.57 Å². The molecule has 1 nitrogen and oxygen atoms in total. The molecule has 1 heterocycles. The highest BCUT2D eigenvalue weighted by Gasteiger charge is 2.07. The SMILES string of the molecule is C/C(=C/N1CCCC1)c1ccccc1. The molecule has 0 aliphatic carbocycles. The molecule has 74 valence electrons. The monoisotopic (exact) mass is 187 g/mol. The van der Waals surface area contributed by atoms with Gasteiger partial charge in [0.25, 0.3) is 0 Å². The van der Waals surface area contributed by atoms with Gasteiger partial charge in [0.15, 0.2) is 0 Å². The molecule has 1 saturated heterocycles. The molecule has 0 saturated carbocycles. The van der Waals surface area contributed by atoms with Gasteiger partial charge in [-0.25, -0.2) is 0 Å². The van der Waals surface area contributed by atoms with E-state index in [4.69, 9.17) is 0 Å². The minimum atomic E-state index is 1.23. The highest BCUT2D eigenvalue weighted by atomic mass is 15.1. The third kappa shape index (κ3) is 2.16. The normalized spacial score (nSPS) is 17.5. The van der Waals surface area contributed by atoms with Crippen LogP contribution >= 0.6 is 0 Å². The van der Waals surface area contributed by atoms with Gasteiger partial charge in [0, 0.05) is 19.3 Å². The smallest absolute Gasteiger partial charge is 0.0173 e. The van der Waals surface area contributed by atoms with Crippen LogP contribution in [0.3, 0.4) is 0 Å². The van der Waals surface area contributed by atoms with E-state index in [1.165, 1.54) is 37.1 Å². The van der Waals surface area contributed by atoms with E-state index in [-0.39, 0.29) is 0 Å². The summed E-state index contributed by atoms with van der Waals surface area (Å²) in [7, 11) is 0. The van der Waals surface area contributed by atoms with Gasteiger partial charge in [0.2, 0.25) is 0 Å². The van der Waals surface area contributed by atoms with Crippen LogP contribution in [-0.2, 0) is 0 Å². The molecule has 1 fully saturated rings. The Morgan fingerprint density at radius 3 is 2.43 bits per heavy atom. The summed E-state index contributed by atoms with van der Waals surface area (Å²) in [6.07, 6.45) is 4.99. The molecule has 14 heavy (non-hydrogen) atoms. The Labute approximate surface area is 86.1 Å². The molecule has 1 aliphatic rings. The van der Waals surface area contributed by atoms with Crippen molar-refractivity contribution in [2.45, 2.75) is 19.8 Å². The Bertz CT molecular complexity index is 307. The summed E-state index contributed by atoms with van der Waals surface area (Å²) < 4.78 is 0. The lowest BCUT2D eigenvalue weighted by Gasteiger charge is -2.13. The lowest BCUT2D eigenvalue weighted by atomic mass is 10.1. The zero-order valence-electron chi connectivity index (χ0n) is 8.74. The third-order valence-electron chi connectivity index (χ3n) is 2.75. The summed E-state index contributed by atoms with van der Waals surface area (Å²) in [5, 5.41) is 0. The molecule has 0 radical (unpaired) electrons. The van der Waals surface area contributed by atoms with Crippen LogP contribution in [0.1, 0.15) is 25.3 Å². The lowest BCUT2D eigenvalue weighted by Crippen LogP contribution is -2.11. The first-order valence-corrected chi connectivity index (χ1v) is 5.34. The van der Waals surface area contributed by atoms with Crippen molar-refractivity contribution in [1.29, 1.82) is 0 Å². The number of hydrogen-bond acceptors (Lipinski definition) is 1. The Morgan fingerprint density at radius 1 is 1.14 bits per heavy atom. The first-order valence-electron chi connectivity index (χ1n) is 5.34. The predicted octanol–water partition coefficient (Wildman–Crippen LogP) is 3.14. The van der Waals surface area contributed by atoms with E-state index in [0.717, 1.165) is 0 Å². The number of likely N-dealkylation sites (tertiary alicyclic amines) is 1. The second kappa shape index (κ2) is 4.32. The van der Waals surface area contributed by atoms with Gasteiger partial charge >= 0.3 is 0 Å². The minimum Gasteiger partial charge on any atom is -0.377 e. The number of rotatable bonds is 2.